The van der Waals surface area contributed by atoms with Crippen LogP contribution in [0.5, 0.6) is 0 Å². The summed E-state index contributed by atoms with van der Waals surface area (Å²) in [5, 5.41) is 8.85. The highest BCUT2D eigenvalue weighted by atomic mass is 16.5. The largest absolute Gasteiger partial charge is 0.481 e. The van der Waals surface area contributed by atoms with E-state index in [9.17, 15) is 9.59 Å². The summed E-state index contributed by atoms with van der Waals surface area (Å²) in [6, 6.07) is 7.96. The van der Waals surface area contributed by atoms with Gasteiger partial charge in [0.05, 0.1) is 25.3 Å². The third-order valence-electron chi connectivity index (χ3n) is 4.34. The average Bonchev–Trinajstić information content (AvgIpc) is 3.09. The van der Waals surface area contributed by atoms with Crippen LogP contribution < -0.4 is 0 Å². The minimum atomic E-state index is -0.923. The van der Waals surface area contributed by atoms with Gasteiger partial charge in [0.1, 0.15) is 0 Å². The van der Waals surface area contributed by atoms with Gasteiger partial charge in [0.25, 0.3) is 0 Å². The molecule has 1 N–H and O–H groups in total. The smallest absolute Gasteiger partial charge is 0.306 e. The number of ether oxygens (including phenoxy) is 1. The number of rotatable bonds is 6. The summed E-state index contributed by atoms with van der Waals surface area (Å²) in [6.07, 6.45) is 1.81. The molecule has 1 atom stereocenters. The molecule has 0 bridgehead atoms. The molecule has 7 heteroatoms. The molecule has 0 spiro atoms. The van der Waals surface area contributed by atoms with Gasteiger partial charge in [-0.3, -0.25) is 9.59 Å². The Hall–Kier alpha value is -2.67. The van der Waals surface area contributed by atoms with Gasteiger partial charge in [0.2, 0.25) is 5.91 Å². The number of morpholine rings is 1. The molecule has 3 rings (SSSR count). The molecule has 0 radical (unpaired) electrons. The van der Waals surface area contributed by atoms with Crippen LogP contribution in [-0.2, 0) is 20.7 Å². The first-order chi connectivity index (χ1) is 12.5. The number of carbonyl (C=O) groups excluding carboxylic acids is 1. The van der Waals surface area contributed by atoms with Gasteiger partial charge in [-0.2, -0.15) is 0 Å². The molecule has 26 heavy (non-hydrogen) atoms. The highest BCUT2D eigenvalue weighted by molar-refractivity contribution is 5.76. The van der Waals surface area contributed by atoms with Crippen molar-refractivity contribution in [3.63, 3.8) is 0 Å². The van der Waals surface area contributed by atoms with E-state index in [2.05, 4.69) is 4.98 Å². The predicted octanol–water partition coefficient (Wildman–Crippen LogP) is 2.28. The Labute approximate surface area is 151 Å². The fourth-order valence-corrected chi connectivity index (χ4v) is 2.91. The van der Waals surface area contributed by atoms with E-state index in [1.165, 1.54) is 5.56 Å². The van der Waals surface area contributed by atoms with E-state index < -0.39 is 12.1 Å². The van der Waals surface area contributed by atoms with Gasteiger partial charge in [-0.05, 0) is 6.92 Å². The fourth-order valence-electron chi connectivity index (χ4n) is 2.91. The number of oxazole rings is 1. The summed E-state index contributed by atoms with van der Waals surface area (Å²) in [4.78, 5) is 29.1. The molecule has 2 aromatic rings. The minimum Gasteiger partial charge on any atom is -0.481 e. The Morgan fingerprint density at radius 3 is 2.81 bits per heavy atom. The Bertz CT molecular complexity index is 768. The first-order valence-electron chi connectivity index (χ1n) is 8.64. The van der Waals surface area contributed by atoms with E-state index >= 15 is 0 Å². The Morgan fingerprint density at radius 2 is 2.08 bits per heavy atom. The number of carboxylic acids is 1. The summed E-state index contributed by atoms with van der Waals surface area (Å²) in [7, 11) is 0. The molecule has 7 nitrogen and oxygen atoms in total. The maximum Gasteiger partial charge on any atom is 0.306 e. The van der Waals surface area contributed by atoms with Crippen LogP contribution in [0.1, 0.15) is 24.3 Å². The van der Waals surface area contributed by atoms with Gasteiger partial charge in [0, 0.05) is 31.5 Å². The summed E-state index contributed by atoms with van der Waals surface area (Å²) < 4.78 is 11.1. The van der Waals surface area contributed by atoms with Crippen LogP contribution in [0.25, 0.3) is 11.3 Å². The van der Waals surface area contributed by atoms with Crippen LogP contribution in [0.4, 0.5) is 0 Å². The average molecular weight is 358 g/mol. The van der Waals surface area contributed by atoms with Gasteiger partial charge >= 0.3 is 5.97 Å². The molecule has 1 fully saturated rings. The quantitative estimate of drug-likeness (QED) is 0.852. The number of hydrogen-bond acceptors (Lipinski definition) is 5. The number of aromatic nitrogens is 1. The molecule has 1 aliphatic rings. The van der Waals surface area contributed by atoms with Crippen LogP contribution in [0.15, 0.2) is 34.9 Å². The zero-order valence-corrected chi connectivity index (χ0v) is 14.7. The van der Waals surface area contributed by atoms with Crippen molar-refractivity contribution in [3.05, 3.63) is 41.9 Å². The van der Waals surface area contributed by atoms with Crippen molar-refractivity contribution in [1.82, 2.24) is 9.88 Å². The topological polar surface area (TPSA) is 92.9 Å². The normalized spacial score (nSPS) is 17.3. The fraction of sp³-hybridized carbons (Fsp3) is 0.421. The molecule has 1 aromatic carbocycles. The zero-order valence-electron chi connectivity index (χ0n) is 14.7. The number of aliphatic carboxylic acids is 1. The summed E-state index contributed by atoms with van der Waals surface area (Å²) >= 11 is 0. The highest BCUT2D eigenvalue weighted by Crippen LogP contribution is 2.21. The molecule has 0 aliphatic carbocycles. The van der Waals surface area contributed by atoms with E-state index in [0.29, 0.717) is 37.8 Å². The van der Waals surface area contributed by atoms with E-state index in [-0.39, 0.29) is 18.7 Å². The molecule has 1 aromatic heterocycles. The van der Waals surface area contributed by atoms with E-state index in [1.807, 2.05) is 31.2 Å². The third kappa shape index (κ3) is 4.70. The van der Waals surface area contributed by atoms with Crippen LogP contribution in [-0.4, -0.2) is 52.7 Å². The van der Waals surface area contributed by atoms with Crippen molar-refractivity contribution >= 4 is 11.9 Å². The molecule has 1 unspecified atom stereocenters. The lowest BCUT2D eigenvalue weighted by atomic mass is 10.1. The first-order valence-corrected chi connectivity index (χ1v) is 8.64. The van der Waals surface area contributed by atoms with Gasteiger partial charge in [-0.1, -0.05) is 29.8 Å². The molecule has 0 saturated carbocycles. The monoisotopic (exact) mass is 358 g/mol. The number of nitrogens with zero attached hydrogens (tertiary/aromatic N) is 2. The summed E-state index contributed by atoms with van der Waals surface area (Å²) in [6.45, 7) is 3.18. The van der Waals surface area contributed by atoms with Crippen LogP contribution >= 0.6 is 0 Å². The maximum atomic E-state index is 12.4. The Morgan fingerprint density at radius 1 is 1.31 bits per heavy atom. The lowest BCUT2D eigenvalue weighted by Gasteiger charge is -2.32. The second-order valence-electron chi connectivity index (χ2n) is 6.41. The lowest BCUT2D eigenvalue weighted by molar-refractivity contribution is -0.147. The summed E-state index contributed by atoms with van der Waals surface area (Å²) in [5.41, 5.74) is 2.12. The predicted molar refractivity (Wildman–Crippen MR) is 93.6 cm³/mol. The molecule has 1 amide bonds. The van der Waals surface area contributed by atoms with Gasteiger partial charge in [0.15, 0.2) is 11.7 Å². The number of benzene rings is 1. The van der Waals surface area contributed by atoms with Crippen LogP contribution in [0.3, 0.4) is 0 Å². The van der Waals surface area contributed by atoms with Crippen molar-refractivity contribution in [1.29, 1.82) is 0 Å². The highest BCUT2D eigenvalue weighted by Gasteiger charge is 2.25. The molecule has 2 heterocycles. The van der Waals surface area contributed by atoms with Crippen molar-refractivity contribution < 1.29 is 23.8 Å². The number of aryl methyl sites for hydroxylation is 2. The second kappa shape index (κ2) is 8.14. The third-order valence-corrected chi connectivity index (χ3v) is 4.34. The summed E-state index contributed by atoms with van der Waals surface area (Å²) in [5.74, 6) is 0.233. The number of amides is 1. The first kappa shape index (κ1) is 18.1. The van der Waals surface area contributed by atoms with Crippen molar-refractivity contribution in [3.8, 4) is 11.3 Å². The standard InChI is InChI=1S/C19H22N2O5/c1-13-2-4-14(5-3-13)16-11-20-17(26-16)6-7-18(22)21-8-9-25-15(12-21)10-19(23)24/h2-5,11,15H,6-10,12H2,1H3,(H,23,24). The van der Waals surface area contributed by atoms with Crippen LogP contribution in [0.2, 0.25) is 0 Å². The molecular formula is C19H22N2O5. The van der Waals surface area contributed by atoms with Crippen molar-refractivity contribution in [2.75, 3.05) is 19.7 Å². The molecular weight excluding hydrogens is 336 g/mol. The van der Waals surface area contributed by atoms with Crippen molar-refractivity contribution in [2.45, 2.75) is 32.3 Å². The SMILES string of the molecule is Cc1ccc(-c2cnc(CCC(=O)N3CCOC(CC(=O)O)C3)o2)cc1. The minimum absolute atomic E-state index is 0.0428. The number of carbonyl (C=O) groups is 2. The molecule has 138 valence electrons. The Kier molecular flexibility index (Phi) is 5.68. The second-order valence-corrected chi connectivity index (χ2v) is 6.41. The Balaban J connectivity index is 1.53. The molecule has 1 saturated heterocycles. The van der Waals surface area contributed by atoms with Gasteiger partial charge in [-0.25, -0.2) is 4.98 Å². The van der Waals surface area contributed by atoms with E-state index in [0.717, 1.165) is 5.56 Å². The van der Waals surface area contributed by atoms with E-state index in [1.54, 1.807) is 11.1 Å². The number of hydrogen-bond donors (Lipinski definition) is 1. The van der Waals surface area contributed by atoms with Crippen LogP contribution in [0, 0.1) is 6.92 Å². The van der Waals surface area contributed by atoms with E-state index in [4.69, 9.17) is 14.3 Å². The molecule has 1 aliphatic heterocycles. The number of carboxylic acid groups (broad SMARTS) is 1. The maximum absolute atomic E-state index is 12.4. The zero-order chi connectivity index (χ0) is 18.5. The lowest BCUT2D eigenvalue weighted by Crippen LogP contribution is -2.46. The van der Waals surface area contributed by atoms with Gasteiger partial charge < -0.3 is 19.2 Å². The van der Waals surface area contributed by atoms with Gasteiger partial charge in [-0.15, -0.1) is 0 Å². The van der Waals surface area contributed by atoms with Crippen molar-refractivity contribution in [2.24, 2.45) is 0 Å².